The van der Waals surface area contributed by atoms with Crippen LogP contribution in [0.5, 0.6) is 11.8 Å². The number of anilines is 1. The van der Waals surface area contributed by atoms with Gasteiger partial charge < -0.3 is 14.9 Å². The Morgan fingerprint density at radius 2 is 1.87 bits per heavy atom. The molecule has 4 fully saturated rings. The lowest BCUT2D eigenvalue weighted by Crippen LogP contribution is -2.53. The maximum absolute atomic E-state index is 16.7. The molecule has 3 aliphatic heterocycles. The molecular weight excluding hydrogens is 590 g/mol. The number of aromatic amines is 1. The molecule has 0 radical (unpaired) electrons. The Hall–Kier alpha value is -3.77. The molecule has 0 unspecified atom stereocenters. The lowest BCUT2D eigenvalue weighted by atomic mass is 9.62. The molecule has 0 amide bonds. The summed E-state index contributed by atoms with van der Waals surface area (Å²) >= 11 is 0. The largest absolute Gasteiger partial charge is 0.508 e. The van der Waals surface area contributed by atoms with Crippen LogP contribution >= 0.6 is 0 Å². The maximum atomic E-state index is 16.7. The Bertz CT molecular complexity index is 1830. The number of aromatic hydroxyl groups is 1. The molecular formula is C33H34F4N5O3+. The summed E-state index contributed by atoms with van der Waals surface area (Å²) in [6.45, 7) is 2.66. The molecule has 2 atom stereocenters. The minimum absolute atomic E-state index is 0.0422. The minimum atomic E-state index is -1.17. The second kappa shape index (κ2) is 10.4. The fraction of sp³-hybridized carbons (Fsp3) is 0.485. The van der Waals surface area contributed by atoms with Gasteiger partial charge in [0.2, 0.25) is 5.82 Å². The molecule has 1 saturated carbocycles. The number of fused-ring (bicyclic) bond motifs is 3. The van der Waals surface area contributed by atoms with E-state index in [2.05, 4.69) is 24.8 Å². The standard InChI is InChI=1S/C33H33F4N5O3/c34-19-11-33(6-2-8-42(33)15-19)17-45-31-39-29-23(30(40-31)41-7-1-5-32(16-41)12-21(44)13-32)14-38-28(27(29)37)22-10-20(43)9-18-3-4-24(35)26(36)25(18)22/h3-4,9-10,14,19,21,43-44H,1-2,5-8,11-13,15-17H2/p+1/t19-,21?,32?,33+/m1/s1. The van der Waals surface area contributed by atoms with Crippen molar-refractivity contribution in [3.8, 4) is 23.0 Å². The Balaban J connectivity index is 1.26. The van der Waals surface area contributed by atoms with Crippen LogP contribution in [0.25, 0.3) is 32.9 Å². The van der Waals surface area contributed by atoms with E-state index in [0.29, 0.717) is 50.1 Å². The quantitative estimate of drug-likeness (QED) is 0.299. The van der Waals surface area contributed by atoms with Crippen LogP contribution in [0.3, 0.4) is 0 Å². The second-order valence-corrected chi connectivity index (χ2v) is 13.5. The molecule has 45 heavy (non-hydrogen) atoms. The van der Waals surface area contributed by atoms with E-state index < -0.39 is 29.2 Å². The first-order valence-corrected chi connectivity index (χ1v) is 15.6. The maximum Gasteiger partial charge on any atom is 0.432 e. The lowest BCUT2D eigenvalue weighted by molar-refractivity contribution is -0.386. The zero-order valence-corrected chi connectivity index (χ0v) is 24.6. The third-order valence-electron chi connectivity index (χ3n) is 10.5. The molecule has 1 spiro atoms. The number of H-pyrrole nitrogens is 1. The van der Waals surface area contributed by atoms with Gasteiger partial charge in [0.1, 0.15) is 29.6 Å². The van der Waals surface area contributed by atoms with Crippen molar-refractivity contribution in [2.75, 3.05) is 37.7 Å². The number of phenols is 1. The van der Waals surface area contributed by atoms with Crippen LogP contribution < -0.4 is 14.6 Å². The van der Waals surface area contributed by atoms with Crippen LogP contribution in [-0.4, -0.2) is 75.7 Å². The number of benzene rings is 2. The summed E-state index contributed by atoms with van der Waals surface area (Å²) < 4.78 is 66.8. The fourth-order valence-electron chi connectivity index (χ4n) is 8.45. The number of pyridine rings is 1. The van der Waals surface area contributed by atoms with Crippen LogP contribution in [0.1, 0.15) is 44.9 Å². The number of halogens is 4. The summed E-state index contributed by atoms with van der Waals surface area (Å²) in [5.74, 6) is -2.86. The van der Waals surface area contributed by atoms with Gasteiger partial charge in [0.25, 0.3) is 0 Å². The highest BCUT2D eigenvalue weighted by Crippen LogP contribution is 2.49. The summed E-state index contributed by atoms with van der Waals surface area (Å²) in [6, 6.07) is 4.76. The predicted molar refractivity (Wildman–Crippen MR) is 158 cm³/mol. The fourth-order valence-corrected chi connectivity index (χ4v) is 8.45. The topological polar surface area (TPSA) is 96.1 Å². The first-order chi connectivity index (χ1) is 21.6. The number of hydrogen-bond acceptors (Lipinski definition) is 7. The number of aliphatic hydroxyl groups is 1. The van der Waals surface area contributed by atoms with E-state index in [9.17, 15) is 19.0 Å². The van der Waals surface area contributed by atoms with Gasteiger partial charge in [-0.25, -0.2) is 22.5 Å². The molecule has 8 rings (SSSR count). The van der Waals surface area contributed by atoms with Gasteiger partial charge in [0.15, 0.2) is 23.0 Å². The molecule has 0 bridgehead atoms. The highest BCUT2D eigenvalue weighted by Gasteiger charge is 2.50. The van der Waals surface area contributed by atoms with Gasteiger partial charge >= 0.3 is 6.01 Å². The number of alkyl halides is 1. The van der Waals surface area contributed by atoms with E-state index in [1.54, 1.807) is 0 Å². The van der Waals surface area contributed by atoms with Crippen molar-refractivity contribution in [1.29, 1.82) is 0 Å². The van der Waals surface area contributed by atoms with E-state index in [4.69, 9.17) is 4.74 Å². The Kier molecular flexibility index (Phi) is 6.62. The summed E-state index contributed by atoms with van der Waals surface area (Å²) in [4.78, 5) is 16.4. The molecule has 5 heterocycles. The zero-order valence-electron chi connectivity index (χ0n) is 24.6. The van der Waals surface area contributed by atoms with E-state index in [-0.39, 0.29) is 57.4 Å². The first-order valence-electron chi connectivity index (χ1n) is 15.6. The number of rotatable bonds is 5. The summed E-state index contributed by atoms with van der Waals surface area (Å²) in [5, 5.41) is 20.9. The van der Waals surface area contributed by atoms with Gasteiger partial charge in [0, 0.05) is 35.5 Å². The molecule has 4 aromatic rings. The molecule has 2 aromatic heterocycles. The van der Waals surface area contributed by atoms with Crippen molar-refractivity contribution < 1.29 is 37.5 Å². The summed E-state index contributed by atoms with van der Waals surface area (Å²) in [5.41, 5.74) is -0.982. The molecule has 12 heteroatoms. The van der Waals surface area contributed by atoms with Gasteiger partial charge in [0.05, 0.1) is 24.7 Å². The Labute approximate surface area is 256 Å². The number of phenolic OH excluding ortho intramolecular Hbond substituents is 1. The number of nitrogens with one attached hydrogen (secondary N) is 1. The van der Waals surface area contributed by atoms with Crippen LogP contribution in [0.15, 0.2) is 30.5 Å². The van der Waals surface area contributed by atoms with Gasteiger partial charge in [-0.15, -0.1) is 0 Å². The molecule has 1 aliphatic carbocycles. The molecule has 236 valence electrons. The van der Waals surface area contributed by atoms with Crippen molar-refractivity contribution in [3.63, 3.8) is 0 Å². The molecule has 3 N–H and O–H groups in total. The predicted octanol–water partition coefficient (Wildman–Crippen LogP) is 5.08. The summed E-state index contributed by atoms with van der Waals surface area (Å²) in [6.07, 6.45) is 5.53. The minimum Gasteiger partial charge on any atom is -0.508 e. The van der Waals surface area contributed by atoms with Gasteiger partial charge in [-0.3, -0.25) is 14.8 Å². The van der Waals surface area contributed by atoms with Crippen LogP contribution in [0.4, 0.5) is 23.4 Å². The highest BCUT2D eigenvalue weighted by atomic mass is 19.2. The molecule has 2 aromatic carbocycles. The molecule has 8 nitrogen and oxygen atoms in total. The number of nitrogens with zero attached hydrogens (tertiary/aromatic N) is 4. The van der Waals surface area contributed by atoms with Crippen LogP contribution in [-0.2, 0) is 0 Å². The van der Waals surface area contributed by atoms with Crippen LogP contribution in [0.2, 0.25) is 0 Å². The second-order valence-electron chi connectivity index (χ2n) is 13.5. The third-order valence-corrected chi connectivity index (χ3v) is 10.5. The van der Waals surface area contributed by atoms with Gasteiger partial charge in [-0.05, 0) is 68.7 Å². The number of aromatic nitrogens is 3. The van der Waals surface area contributed by atoms with Gasteiger partial charge in [-0.1, -0.05) is 11.1 Å². The van der Waals surface area contributed by atoms with E-state index in [1.807, 2.05) is 0 Å². The molecule has 3 saturated heterocycles. The van der Waals surface area contributed by atoms with Gasteiger partial charge in [-0.2, -0.15) is 0 Å². The zero-order chi connectivity index (χ0) is 31.1. The normalized spacial score (nSPS) is 28.2. The van der Waals surface area contributed by atoms with E-state index in [0.717, 1.165) is 44.4 Å². The molecule has 4 aliphatic rings. The Morgan fingerprint density at radius 3 is 2.69 bits per heavy atom. The SMILES string of the molecule is Oc1cc(-c2ncc3c(N4CCCC5(CC(O)C5)C4)[nH+]c(OC[C@@]45CCCN4C[C@H](F)C5)nc3c2F)c2c(F)c(F)ccc2c1. The van der Waals surface area contributed by atoms with E-state index >= 15 is 8.78 Å². The summed E-state index contributed by atoms with van der Waals surface area (Å²) in [7, 11) is 0. The van der Waals surface area contributed by atoms with Crippen LogP contribution in [0, 0.1) is 22.9 Å². The van der Waals surface area contributed by atoms with Crippen molar-refractivity contribution >= 4 is 27.5 Å². The smallest absolute Gasteiger partial charge is 0.432 e. The van der Waals surface area contributed by atoms with Crippen molar-refractivity contribution in [2.24, 2.45) is 5.41 Å². The average Bonchev–Trinajstić information content (AvgIpc) is 3.53. The van der Waals surface area contributed by atoms with Crippen molar-refractivity contribution in [1.82, 2.24) is 14.9 Å². The average molecular weight is 625 g/mol. The first kappa shape index (κ1) is 28.7. The highest BCUT2D eigenvalue weighted by molar-refractivity contribution is 6.00. The number of piperidine rings is 1. The number of aliphatic hydroxyl groups excluding tert-OH is 1. The number of hydrogen-bond donors (Lipinski definition) is 2. The number of ether oxygens (including phenoxy) is 1. The van der Waals surface area contributed by atoms with Crippen molar-refractivity contribution in [2.45, 2.75) is 62.8 Å². The van der Waals surface area contributed by atoms with E-state index in [1.165, 1.54) is 18.3 Å². The monoisotopic (exact) mass is 624 g/mol. The third kappa shape index (κ3) is 4.67. The Morgan fingerprint density at radius 1 is 1.04 bits per heavy atom. The van der Waals surface area contributed by atoms with Crippen molar-refractivity contribution in [3.05, 3.63) is 47.9 Å². The lowest BCUT2D eigenvalue weighted by Gasteiger charge is -2.49.